The minimum Gasteiger partial charge on any atom is -0.276 e. The number of nitrogens with one attached hydrogen (secondary N) is 1. The molecular weight excluding hydrogens is 504 g/mol. The van der Waals surface area contributed by atoms with Crippen molar-refractivity contribution in [3.63, 3.8) is 0 Å². The number of amides is 1. The van der Waals surface area contributed by atoms with E-state index in [0.29, 0.717) is 23.0 Å². The number of hydrogen-bond donors (Lipinski definition) is 1. The Morgan fingerprint density at radius 2 is 1.41 bits per heavy atom. The molecule has 0 saturated carbocycles. The van der Waals surface area contributed by atoms with Crippen molar-refractivity contribution in [3.05, 3.63) is 150 Å². The fourth-order valence-corrected chi connectivity index (χ4v) is 4.96. The first-order valence-electron chi connectivity index (χ1n) is 12.7. The lowest BCUT2D eigenvalue weighted by atomic mass is 10.0. The van der Waals surface area contributed by atoms with Gasteiger partial charge in [0.2, 0.25) is 0 Å². The summed E-state index contributed by atoms with van der Waals surface area (Å²) in [7, 11) is 0. The average molecular weight is 529 g/mol. The second kappa shape index (κ2) is 11.0. The zero-order chi connectivity index (χ0) is 26.6. The number of anilines is 3. The van der Waals surface area contributed by atoms with Crippen LogP contribution >= 0.6 is 11.6 Å². The number of halogens is 1. The number of hydrazine groups is 1. The number of nitrogens with zero attached hydrogens (tertiary/aromatic N) is 3. The topological polar surface area (TPSA) is 48.5 Å². The van der Waals surface area contributed by atoms with Gasteiger partial charge in [-0.1, -0.05) is 96.5 Å². The van der Waals surface area contributed by atoms with Gasteiger partial charge in [0.15, 0.2) is 0 Å². The van der Waals surface area contributed by atoms with Crippen LogP contribution in [0.5, 0.6) is 0 Å². The molecule has 1 N–H and O–H groups in total. The predicted molar refractivity (Wildman–Crippen MR) is 159 cm³/mol. The fourth-order valence-electron chi connectivity index (χ4n) is 4.77. The SMILES string of the molecule is O=C(C1=C(c2ccc(-c3ccccc3)cc2)N(c2cccc(Cl)c2)NC1)N(c1ccccc1)c1ccccn1. The Morgan fingerprint density at radius 1 is 0.744 bits per heavy atom. The molecule has 2 heterocycles. The van der Waals surface area contributed by atoms with Gasteiger partial charge in [0.05, 0.1) is 22.6 Å². The lowest BCUT2D eigenvalue weighted by Gasteiger charge is -2.25. The second-order valence-electron chi connectivity index (χ2n) is 9.08. The van der Waals surface area contributed by atoms with E-state index in [4.69, 9.17) is 11.6 Å². The van der Waals surface area contributed by atoms with Crippen molar-refractivity contribution in [2.45, 2.75) is 0 Å². The monoisotopic (exact) mass is 528 g/mol. The van der Waals surface area contributed by atoms with E-state index >= 15 is 0 Å². The number of carbonyl (C=O) groups is 1. The second-order valence-corrected chi connectivity index (χ2v) is 9.52. The summed E-state index contributed by atoms with van der Waals surface area (Å²) < 4.78 is 0. The number of rotatable bonds is 6. The van der Waals surface area contributed by atoms with E-state index < -0.39 is 0 Å². The molecule has 0 fully saturated rings. The number of carbonyl (C=O) groups excluding carboxylic acids is 1. The van der Waals surface area contributed by atoms with E-state index in [0.717, 1.165) is 33.8 Å². The van der Waals surface area contributed by atoms with Crippen molar-refractivity contribution < 1.29 is 4.79 Å². The van der Waals surface area contributed by atoms with Crippen molar-refractivity contribution in [1.29, 1.82) is 0 Å². The molecule has 39 heavy (non-hydrogen) atoms. The summed E-state index contributed by atoms with van der Waals surface area (Å²) in [6.45, 7) is 0.345. The lowest BCUT2D eigenvalue weighted by Crippen LogP contribution is -2.32. The van der Waals surface area contributed by atoms with Crippen LogP contribution in [0.3, 0.4) is 0 Å². The minimum atomic E-state index is -0.154. The number of aromatic nitrogens is 1. The molecule has 1 amide bonds. The number of benzene rings is 4. The van der Waals surface area contributed by atoms with Crippen molar-refractivity contribution >= 4 is 40.4 Å². The first-order valence-corrected chi connectivity index (χ1v) is 13.1. The summed E-state index contributed by atoms with van der Waals surface area (Å²) >= 11 is 6.36. The zero-order valence-corrected chi connectivity index (χ0v) is 21.8. The van der Waals surface area contributed by atoms with Gasteiger partial charge in [-0.25, -0.2) is 10.4 Å². The maximum Gasteiger partial charge on any atom is 0.263 e. The third-order valence-electron chi connectivity index (χ3n) is 6.61. The van der Waals surface area contributed by atoms with Crippen molar-refractivity contribution in [1.82, 2.24) is 10.4 Å². The molecule has 6 heteroatoms. The van der Waals surface area contributed by atoms with Crippen LogP contribution < -0.4 is 15.3 Å². The van der Waals surface area contributed by atoms with E-state index in [1.54, 1.807) is 11.1 Å². The molecule has 5 nitrogen and oxygen atoms in total. The standard InChI is InChI=1S/C33H25ClN4O/c34-27-12-9-15-29(22-27)38-32(26-19-17-25(18-20-26)24-10-3-1-4-11-24)30(23-36-38)33(39)37(28-13-5-2-6-14-28)31-16-7-8-21-35-31/h1-22,36H,23H2. The molecule has 0 aliphatic carbocycles. The molecule has 0 saturated heterocycles. The Morgan fingerprint density at radius 3 is 2.10 bits per heavy atom. The van der Waals surface area contributed by atoms with Crippen LogP contribution in [0.1, 0.15) is 5.56 Å². The summed E-state index contributed by atoms with van der Waals surface area (Å²) in [6.07, 6.45) is 1.70. The van der Waals surface area contributed by atoms with Crippen LogP contribution in [0.25, 0.3) is 16.8 Å². The Bertz CT molecular complexity index is 1580. The van der Waals surface area contributed by atoms with Crippen LogP contribution in [0.2, 0.25) is 5.02 Å². The van der Waals surface area contributed by atoms with Crippen molar-refractivity contribution in [2.24, 2.45) is 0 Å². The highest BCUT2D eigenvalue weighted by Crippen LogP contribution is 2.36. The van der Waals surface area contributed by atoms with Crippen LogP contribution in [-0.4, -0.2) is 17.4 Å². The molecule has 0 unspecified atom stereocenters. The molecule has 0 radical (unpaired) electrons. The normalized spacial score (nSPS) is 13.0. The molecular formula is C33H25ClN4O. The van der Waals surface area contributed by atoms with Crippen LogP contribution in [0.4, 0.5) is 17.2 Å². The summed E-state index contributed by atoms with van der Waals surface area (Å²) in [6, 6.07) is 41.3. The van der Waals surface area contributed by atoms with Gasteiger partial charge >= 0.3 is 0 Å². The zero-order valence-electron chi connectivity index (χ0n) is 21.0. The number of para-hydroxylation sites is 1. The molecule has 1 aliphatic heterocycles. The maximum atomic E-state index is 14.4. The molecule has 4 aromatic carbocycles. The number of hydrogen-bond acceptors (Lipinski definition) is 4. The summed E-state index contributed by atoms with van der Waals surface area (Å²) in [5.41, 5.74) is 9.56. The van der Waals surface area contributed by atoms with E-state index in [2.05, 4.69) is 46.8 Å². The van der Waals surface area contributed by atoms with E-state index in [1.807, 2.05) is 96.0 Å². The Hall–Kier alpha value is -4.71. The first kappa shape index (κ1) is 24.6. The molecule has 0 atom stereocenters. The highest BCUT2D eigenvalue weighted by atomic mass is 35.5. The third kappa shape index (κ3) is 5.06. The largest absolute Gasteiger partial charge is 0.276 e. The Labute approximate surface area is 232 Å². The minimum absolute atomic E-state index is 0.154. The highest BCUT2D eigenvalue weighted by Gasteiger charge is 2.33. The number of pyridine rings is 1. The van der Waals surface area contributed by atoms with Gasteiger partial charge in [-0.15, -0.1) is 0 Å². The molecule has 0 bridgehead atoms. The quantitative estimate of drug-likeness (QED) is 0.248. The van der Waals surface area contributed by atoms with E-state index in [9.17, 15) is 4.79 Å². The van der Waals surface area contributed by atoms with Gasteiger partial charge in [-0.2, -0.15) is 0 Å². The average Bonchev–Trinajstić information content (AvgIpc) is 3.44. The third-order valence-corrected chi connectivity index (χ3v) is 6.84. The predicted octanol–water partition coefficient (Wildman–Crippen LogP) is 7.50. The lowest BCUT2D eigenvalue weighted by molar-refractivity contribution is -0.114. The summed E-state index contributed by atoms with van der Waals surface area (Å²) in [5.74, 6) is 0.403. The molecule has 6 rings (SSSR count). The van der Waals surface area contributed by atoms with Gasteiger partial charge in [0, 0.05) is 23.3 Å². The highest BCUT2D eigenvalue weighted by molar-refractivity contribution is 6.31. The van der Waals surface area contributed by atoms with Gasteiger partial charge in [0.25, 0.3) is 5.91 Å². The van der Waals surface area contributed by atoms with E-state index in [1.165, 1.54) is 0 Å². The molecule has 1 aromatic heterocycles. The van der Waals surface area contributed by atoms with Crippen molar-refractivity contribution in [2.75, 3.05) is 16.5 Å². The van der Waals surface area contributed by atoms with Crippen LogP contribution in [0.15, 0.2) is 139 Å². The van der Waals surface area contributed by atoms with Crippen LogP contribution in [-0.2, 0) is 4.79 Å². The van der Waals surface area contributed by atoms with E-state index in [-0.39, 0.29) is 5.91 Å². The first-order chi connectivity index (χ1) is 19.2. The van der Waals surface area contributed by atoms with Gasteiger partial charge in [-0.05, 0) is 53.6 Å². The van der Waals surface area contributed by atoms with Gasteiger partial charge in [-0.3, -0.25) is 14.7 Å². The van der Waals surface area contributed by atoms with Crippen molar-refractivity contribution in [3.8, 4) is 11.1 Å². The molecule has 1 aliphatic rings. The van der Waals surface area contributed by atoms with Gasteiger partial charge in [0.1, 0.15) is 5.82 Å². The summed E-state index contributed by atoms with van der Waals surface area (Å²) in [4.78, 5) is 20.6. The smallest absolute Gasteiger partial charge is 0.263 e. The summed E-state index contributed by atoms with van der Waals surface area (Å²) in [5, 5.41) is 2.56. The van der Waals surface area contributed by atoms with Crippen LogP contribution in [0, 0.1) is 0 Å². The Kier molecular flexibility index (Phi) is 6.91. The van der Waals surface area contributed by atoms with Gasteiger partial charge < -0.3 is 0 Å². The maximum absolute atomic E-state index is 14.4. The fraction of sp³-hybridized carbons (Fsp3) is 0.0303. The Balaban J connectivity index is 1.49. The molecule has 0 spiro atoms. The molecule has 190 valence electrons. The molecule has 5 aromatic rings.